The Morgan fingerprint density at radius 3 is 2.39 bits per heavy atom. The van der Waals surface area contributed by atoms with E-state index in [2.05, 4.69) is 4.98 Å². The molecule has 2 heterocycles. The zero-order valence-electron chi connectivity index (χ0n) is 16.4. The van der Waals surface area contributed by atoms with Crippen molar-refractivity contribution in [3.63, 3.8) is 0 Å². The molecule has 4 rings (SSSR count). The van der Waals surface area contributed by atoms with Crippen molar-refractivity contribution in [2.24, 2.45) is 0 Å². The van der Waals surface area contributed by atoms with E-state index in [1.165, 1.54) is 12.1 Å². The number of halogens is 1. The third kappa shape index (κ3) is 4.46. The van der Waals surface area contributed by atoms with Crippen LogP contribution in [0.15, 0.2) is 77.6 Å². The minimum Gasteiger partial charge on any atom is -0.472 e. The van der Waals surface area contributed by atoms with Crippen LogP contribution in [0.3, 0.4) is 0 Å². The van der Waals surface area contributed by atoms with Gasteiger partial charge in [0.25, 0.3) is 5.91 Å². The first-order valence-electron chi connectivity index (χ1n) is 9.63. The van der Waals surface area contributed by atoms with Crippen LogP contribution in [0.25, 0.3) is 22.4 Å². The quantitative estimate of drug-likeness (QED) is 0.223. The number of nitrogens with one attached hydrogen (secondary N) is 2. The highest BCUT2D eigenvalue weighted by Crippen LogP contribution is 2.31. The summed E-state index contributed by atoms with van der Waals surface area (Å²) in [6, 6.07) is 16.3. The average molecular weight is 418 g/mol. The van der Waals surface area contributed by atoms with E-state index in [0.29, 0.717) is 23.2 Å². The number of rotatable bonds is 7. The molecular weight excluding hydrogens is 399 g/mol. The van der Waals surface area contributed by atoms with Crippen molar-refractivity contribution in [3.05, 3.63) is 95.8 Å². The van der Waals surface area contributed by atoms with Gasteiger partial charge in [0, 0.05) is 28.8 Å². The summed E-state index contributed by atoms with van der Waals surface area (Å²) >= 11 is 0. The van der Waals surface area contributed by atoms with Gasteiger partial charge in [-0.1, -0.05) is 24.3 Å². The van der Waals surface area contributed by atoms with Gasteiger partial charge < -0.3 is 9.40 Å². The lowest BCUT2D eigenvalue weighted by Gasteiger charge is -2.05. The number of Topliss-reactive ketones (excluding diaryl/α,β-unsaturated/α-hetero) is 1. The largest absolute Gasteiger partial charge is 0.472 e. The first kappa shape index (κ1) is 20.3. The van der Waals surface area contributed by atoms with Gasteiger partial charge in [-0.3, -0.25) is 14.8 Å². The topological polar surface area (TPSA) is 95.3 Å². The van der Waals surface area contributed by atoms with E-state index in [1.807, 2.05) is 6.07 Å². The Bertz CT molecular complexity index is 1190. The van der Waals surface area contributed by atoms with Crippen LogP contribution >= 0.6 is 0 Å². The number of hydroxylamine groups is 1. The number of hydrogen-bond acceptors (Lipinski definition) is 4. The number of furan rings is 1. The maximum Gasteiger partial charge on any atom is 0.274 e. The molecule has 0 aliphatic rings. The molecule has 0 radical (unpaired) electrons. The Morgan fingerprint density at radius 2 is 1.74 bits per heavy atom. The normalized spacial score (nSPS) is 10.8. The molecular formula is C24H19FN2O4. The Hall–Kier alpha value is -3.97. The second-order valence-corrected chi connectivity index (χ2v) is 7.05. The highest BCUT2D eigenvalue weighted by atomic mass is 19.1. The van der Waals surface area contributed by atoms with Crippen LogP contribution in [0, 0.1) is 5.82 Å². The Morgan fingerprint density at radius 1 is 1.00 bits per heavy atom. The summed E-state index contributed by atoms with van der Waals surface area (Å²) in [5.41, 5.74) is 6.19. The second-order valence-electron chi connectivity index (χ2n) is 7.05. The first-order chi connectivity index (χ1) is 15.0. The SMILES string of the molecule is O=C(NO)c1ccc(CCC(=O)c2[nH]c(-c3ccoc3)cc2-c2ccc(F)cc2)cc1. The van der Waals surface area contributed by atoms with Crippen LogP contribution in [0.5, 0.6) is 0 Å². The highest BCUT2D eigenvalue weighted by Gasteiger charge is 2.18. The summed E-state index contributed by atoms with van der Waals surface area (Å²) in [5, 5.41) is 8.69. The fraction of sp³-hybridized carbons (Fsp3) is 0.0833. The van der Waals surface area contributed by atoms with Crippen molar-refractivity contribution < 1.29 is 23.6 Å². The molecule has 31 heavy (non-hydrogen) atoms. The van der Waals surface area contributed by atoms with Crippen LogP contribution in [0.2, 0.25) is 0 Å². The van der Waals surface area contributed by atoms with Crippen LogP contribution < -0.4 is 5.48 Å². The van der Waals surface area contributed by atoms with Crippen LogP contribution in [-0.4, -0.2) is 21.9 Å². The molecule has 0 saturated carbocycles. The van der Waals surface area contributed by atoms with Gasteiger partial charge in [-0.2, -0.15) is 0 Å². The average Bonchev–Trinajstić information content (AvgIpc) is 3.48. The zero-order valence-corrected chi connectivity index (χ0v) is 16.4. The highest BCUT2D eigenvalue weighted by molar-refractivity contribution is 6.02. The molecule has 0 aliphatic heterocycles. The van der Waals surface area contributed by atoms with Crippen molar-refractivity contribution in [1.82, 2.24) is 10.5 Å². The van der Waals surface area contributed by atoms with Gasteiger partial charge in [-0.25, -0.2) is 9.87 Å². The lowest BCUT2D eigenvalue weighted by Crippen LogP contribution is -2.18. The molecule has 2 aromatic carbocycles. The van der Waals surface area contributed by atoms with E-state index in [9.17, 15) is 14.0 Å². The van der Waals surface area contributed by atoms with Gasteiger partial charge in [-0.05, 0) is 53.9 Å². The third-order valence-corrected chi connectivity index (χ3v) is 5.04. The zero-order chi connectivity index (χ0) is 21.8. The van der Waals surface area contributed by atoms with E-state index >= 15 is 0 Å². The molecule has 1 amide bonds. The Balaban J connectivity index is 1.58. The number of amides is 1. The molecule has 7 heteroatoms. The van der Waals surface area contributed by atoms with E-state index in [-0.39, 0.29) is 18.0 Å². The summed E-state index contributed by atoms with van der Waals surface area (Å²) < 4.78 is 18.5. The summed E-state index contributed by atoms with van der Waals surface area (Å²) in [6.07, 6.45) is 3.85. The fourth-order valence-electron chi connectivity index (χ4n) is 3.38. The Kier molecular flexibility index (Phi) is 5.77. The number of carbonyl (C=O) groups is 2. The fourth-order valence-corrected chi connectivity index (χ4v) is 3.38. The molecule has 0 spiro atoms. The second kappa shape index (κ2) is 8.81. The molecule has 0 bridgehead atoms. The lowest BCUT2D eigenvalue weighted by atomic mass is 9.99. The summed E-state index contributed by atoms with van der Waals surface area (Å²) in [6.45, 7) is 0. The molecule has 4 aromatic rings. The number of hydrogen-bond donors (Lipinski definition) is 3. The molecule has 0 atom stereocenters. The summed E-state index contributed by atoms with van der Waals surface area (Å²) in [5.74, 6) is -1.03. The van der Waals surface area contributed by atoms with Gasteiger partial charge >= 0.3 is 0 Å². The van der Waals surface area contributed by atoms with E-state index in [1.54, 1.807) is 60.5 Å². The maximum atomic E-state index is 13.4. The van der Waals surface area contributed by atoms with E-state index in [4.69, 9.17) is 9.62 Å². The molecule has 0 fully saturated rings. The third-order valence-electron chi connectivity index (χ3n) is 5.04. The minimum atomic E-state index is -0.593. The van der Waals surface area contributed by atoms with Crippen molar-refractivity contribution in [2.45, 2.75) is 12.8 Å². The number of aromatic amines is 1. The smallest absolute Gasteiger partial charge is 0.274 e. The summed E-state index contributed by atoms with van der Waals surface area (Å²) in [4.78, 5) is 27.7. The van der Waals surface area contributed by atoms with Crippen LogP contribution in [0.1, 0.15) is 32.8 Å². The Labute approximate surface area is 177 Å². The van der Waals surface area contributed by atoms with Gasteiger partial charge in [0.15, 0.2) is 5.78 Å². The predicted molar refractivity (Wildman–Crippen MR) is 112 cm³/mol. The lowest BCUT2D eigenvalue weighted by molar-refractivity contribution is 0.0706. The van der Waals surface area contributed by atoms with Crippen molar-refractivity contribution in [2.75, 3.05) is 0 Å². The van der Waals surface area contributed by atoms with E-state index in [0.717, 1.165) is 22.4 Å². The van der Waals surface area contributed by atoms with Crippen LogP contribution in [0.4, 0.5) is 4.39 Å². The molecule has 0 aliphatic carbocycles. The summed E-state index contributed by atoms with van der Waals surface area (Å²) in [7, 11) is 0. The number of aryl methyl sites for hydroxylation is 1. The predicted octanol–water partition coefficient (Wildman–Crippen LogP) is 5.02. The van der Waals surface area contributed by atoms with Crippen molar-refractivity contribution >= 4 is 11.7 Å². The molecule has 0 unspecified atom stereocenters. The molecule has 2 aromatic heterocycles. The van der Waals surface area contributed by atoms with Crippen molar-refractivity contribution in [3.8, 4) is 22.4 Å². The van der Waals surface area contributed by atoms with Gasteiger partial charge in [0.05, 0.1) is 18.2 Å². The number of aromatic nitrogens is 1. The van der Waals surface area contributed by atoms with E-state index < -0.39 is 5.91 Å². The monoisotopic (exact) mass is 418 g/mol. The maximum absolute atomic E-state index is 13.4. The molecule has 0 saturated heterocycles. The number of ketones is 1. The van der Waals surface area contributed by atoms with Gasteiger partial charge in [0.1, 0.15) is 5.82 Å². The van der Waals surface area contributed by atoms with Gasteiger partial charge in [-0.15, -0.1) is 0 Å². The number of H-pyrrole nitrogens is 1. The molecule has 156 valence electrons. The van der Waals surface area contributed by atoms with Gasteiger partial charge in [0.2, 0.25) is 0 Å². The molecule has 6 nitrogen and oxygen atoms in total. The van der Waals surface area contributed by atoms with Crippen molar-refractivity contribution in [1.29, 1.82) is 0 Å². The van der Waals surface area contributed by atoms with Crippen LogP contribution in [-0.2, 0) is 6.42 Å². The number of benzene rings is 2. The number of carbonyl (C=O) groups excluding carboxylic acids is 2. The molecule has 3 N–H and O–H groups in total. The standard InChI is InChI=1S/C24H19FN2O4/c25-19-8-6-16(7-9-19)20-13-21(18-11-12-31-14-18)26-23(20)22(28)10-3-15-1-4-17(5-2-15)24(29)27-30/h1-2,4-9,11-14,26,30H,3,10H2,(H,27,29). The first-order valence-corrected chi connectivity index (χ1v) is 9.63. The minimum absolute atomic E-state index is 0.0914.